The fourth-order valence-corrected chi connectivity index (χ4v) is 3.58. The molecule has 1 heterocycles. The third-order valence-electron chi connectivity index (χ3n) is 5.09. The molecule has 0 radical (unpaired) electrons. The number of nitrogens with one attached hydrogen (secondary N) is 2. The zero-order chi connectivity index (χ0) is 21.0. The number of phenolic OH excluding ortho intramolecular Hbond substituents is 1. The molecule has 29 heavy (non-hydrogen) atoms. The van der Waals surface area contributed by atoms with E-state index in [0.29, 0.717) is 0 Å². The molecule has 1 aliphatic carbocycles. The molecule has 0 saturated heterocycles. The first kappa shape index (κ1) is 20.9. The number of phenols is 1. The van der Waals surface area contributed by atoms with Crippen LogP contribution in [0.25, 0.3) is 0 Å². The lowest BCUT2D eigenvalue weighted by molar-refractivity contribution is -0.0891. The van der Waals surface area contributed by atoms with E-state index in [-0.39, 0.29) is 48.1 Å². The first-order valence-corrected chi connectivity index (χ1v) is 9.32. The van der Waals surface area contributed by atoms with Crippen molar-refractivity contribution in [2.45, 2.75) is 31.5 Å². The zero-order valence-electron chi connectivity index (χ0n) is 15.9. The van der Waals surface area contributed by atoms with Gasteiger partial charge in [-0.3, -0.25) is 4.79 Å². The van der Waals surface area contributed by atoms with Gasteiger partial charge in [-0.1, -0.05) is 18.6 Å². The number of carbonyl (C=O) groups excluding carboxylic acids is 1. The maximum absolute atomic E-state index is 12.8. The molecule has 0 bridgehead atoms. The molecule has 0 aromatic heterocycles. The summed E-state index contributed by atoms with van der Waals surface area (Å²) in [6.07, 6.45) is -0.0631. The number of amides is 1. The van der Waals surface area contributed by atoms with Gasteiger partial charge in [0.2, 0.25) is 0 Å². The summed E-state index contributed by atoms with van der Waals surface area (Å²) < 4.78 is 49.2. The molecule has 1 unspecified atom stereocenters. The summed E-state index contributed by atoms with van der Waals surface area (Å²) in [5.41, 5.74) is -0.688. The molecule has 1 saturated carbocycles. The van der Waals surface area contributed by atoms with E-state index < -0.39 is 17.7 Å². The largest absolute Gasteiger partial charge is 0.507 e. The second-order valence-electron chi connectivity index (χ2n) is 6.98. The molecule has 9 heteroatoms. The van der Waals surface area contributed by atoms with Crippen LogP contribution in [0.2, 0.25) is 0 Å². The third kappa shape index (κ3) is 4.96. The van der Waals surface area contributed by atoms with Gasteiger partial charge in [0.15, 0.2) is 5.88 Å². The van der Waals surface area contributed by atoms with Crippen molar-refractivity contribution in [2.75, 3.05) is 20.3 Å². The van der Waals surface area contributed by atoms with Gasteiger partial charge in [0.05, 0.1) is 19.3 Å². The maximum Gasteiger partial charge on any atom is 0.416 e. The predicted molar refractivity (Wildman–Crippen MR) is 99.4 cm³/mol. The van der Waals surface area contributed by atoms with Gasteiger partial charge in [0.25, 0.3) is 5.91 Å². The Morgan fingerprint density at radius 3 is 2.86 bits per heavy atom. The quantitative estimate of drug-likeness (QED) is 0.669. The average Bonchev–Trinajstić information content (AvgIpc) is 3.12. The summed E-state index contributed by atoms with van der Waals surface area (Å²) in [6.45, 7) is 0.214. The van der Waals surface area contributed by atoms with Crippen molar-refractivity contribution < 1.29 is 32.5 Å². The summed E-state index contributed by atoms with van der Waals surface area (Å²) >= 11 is 0. The molecule has 6 nitrogen and oxygen atoms in total. The molecule has 0 spiro atoms. The molecule has 2 aliphatic rings. The highest BCUT2D eigenvalue weighted by Gasteiger charge is 2.34. The molecule has 1 amide bonds. The molecule has 1 aromatic rings. The van der Waals surface area contributed by atoms with Gasteiger partial charge in [-0.2, -0.15) is 13.2 Å². The van der Waals surface area contributed by atoms with Crippen molar-refractivity contribution in [3.63, 3.8) is 0 Å². The highest BCUT2D eigenvalue weighted by molar-refractivity contribution is 5.99. The van der Waals surface area contributed by atoms with Crippen LogP contribution in [0.15, 0.2) is 41.8 Å². The van der Waals surface area contributed by atoms with Crippen LogP contribution in [0.5, 0.6) is 11.5 Å². The molecule has 1 aromatic carbocycles. The normalized spacial score (nSPS) is 21.7. The van der Waals surface area contributed by atoms with Crippen molar-refractivity contribution in [3.8, 4) is 11.5 Å². The number of carbonyl (C=O) groups is 1. The Labute approximate surface area is 166 Å². The van der Waals surface area contributed by atoms with E-state index in [0.717, 1.165) is 31.4 Å². The van der Waals surface area contributed by atoms with E-state index in [2.05, 4.69) is 10.6 Å². The molecule has 2 atom stereocenters. The molecule has 1 aliphatic heterocycles. The highest BCUT2D eigenvalue weighted by atomic mass is 19.4. The number of hydrogen-bond donors (Lipinski definition) is 3. The first-order valence-electron chi connectivity index (χ1n) is 9.32. The monoisotopic (exact) mass is 412 g/mol. The minimum absolute atomic E-state index is 0.0403. The van der Waals surface area contributed by atoms with Gasteiger partial charge in [0.1, 0.15) is 17.1 Å². The van der Waals surface area contributed by atoms with Crippen LogP contribution < -0.4 is 15.4 Å². The van der Waals surface area contributed by atoms with Gasteiger partial charge in [0, 0.05) is 24.6 Å². The standard InChI is InChI=1S/C20H23F3N2O4/c1-28-16-7-3-6-15(26)18(16)19(27)25-14-5-2-4-12(14)11-29-17-10-13(8-9-24-17)20(21,22)23/h3,6-8,10,12,14,24,26H,2,4-5,9,11H2,1H3,(H,25,27)/t12-,14?/m1/s1. The first-order chi connectivity index (χ1) is 13.8. The number of ether oxygens (including phenoxy) is 2. The van der Waals surface area contributed by atoms with E-state index >= 15 is 0 Å². The Kier molecular flexibility index (Phi) is 6.24. The lowest BCUT2D eigenvalue weighted by Gasteiger charge is -2.24. The van der Waals surface area contributed by atoms with Gasteiger partial charge < -0.3 is 25.2 Å². The number of methoxy groups -OCH3 is 1. The number of halogens is 3. The van der Waals surface area contributed by atoms with E-state index in [9.17, 15) is 23.1 Å². The number of aromatic hydroxyl groups is 1. The van der Waals surface area contributed by atoms with Crippen molar-refractivity contribution in [3.05, 3.63) is 47.4 Å². The van der Waals surface area contributed by atoms with Gasteiger partial charge >= 0.3 is 6.18 Å². The third-order valence-corrected chi connectivity index (χ3v) is 5.09. The minimum Gasteiger partial charge on any atom is -0.507 e. The molecule has 3 rings (SSSR count). The minimum atomic E-state index is -4.42. The maximum atomic E-state index is 12.8. The van der Waals surface area contributed by atoms with Crippen molar-refractivity contribution in [1.29, 1.82) is 0 Å². The lowest BCUT2D eigenvalue weighted by Crippen LogP contribution is -2.39. The van der Waals surface area contributed by atoms with E-state index in [1.54, 1.807) is 12.1 Å². The highest BCUT2D eigenvalue weighted by Crippen LogP contribution is 2.31. The van der Waals surface area contributed by atoms with Crippen LogP contribution in [0.4, 0.5) is 13.2 Å². The van der Waals surface area contributed by atoms with Gasteiger partial charge in [-0.05, 0) is 25.0 Å². The fourth-order valence-electron chi connectivity index (χ4n) is 3.58. The Balaban J connectivity index is 1.62. The number of dihydropyridines is 1. The van der Waals surface area contributed by atoms with Crippen LogP contribution in [0, 0.1) is 5.92 Å². The van der Waals surface area contributed by atoms with E-state index in [1.807, 2.05) is 0 Å². The summed E-state index contributed by atoms with van der Waals surface area (Å²) in [7, 11) is 1.41. The van der Waals surface area contributed by atoms with Crippen molar-refractivity contribution in [1.82, 2.24) is 10.6 Å². The predicted octanol–water partition coefficient (Wildman–Crippen LogP) is 3.25. The number of alkyl halides is 3. The Morgan fingerprint density at radius 1 is 1.34 bits per heavy atom. The lowest BCUT2D eigenvalue weighted by atomic mass is 10.0. The Hall–Kier alpha value is -2.84. The zero-order valence-corrected chi connectivity index (χ0v) is 15.9. The molecule has 158 valence electrons. The average molecular weight is 412 g/mol. The summed E-state index contributed by atoms with van der Waals surface area (Å²) in [6, 6.07) is 4.34. The second kappa shape index (κ2) is 8.67. The van der Waals surface area contributed by atoms with Crippen LogP contribution in [-0.2, 0) is 4.74 Å². The van der Waals surface area contributed by atoms with Crippen LogP contribution >= 0.6 is 0 Å². The second-order valence-corrected chi connectivity index (χ2v) is 6.98. The molecular formula is C20H23F3N2O4. The number of allylic oxidation sites excluding steroid dienone is 2. The van der Waals surface area contributed by atoms with Gasteiger partial charge in [-0.25, -0.2) is 0 Å². The summed E-state index contributed by atoms with van der Waals surface area (Å²) in [5, 5.41) is 15.7. The Bertz CT molecular complexity index is 820. The van der Waals surface area contributed by atoms with Crippen molar-refractivity contribution >= 4 is 5.91 Å². The smallest absolute Gasteiger partial charge is 0.416 e. The topological polar surface area (TPSA) is 79.8 Å². The van der Waals surface area contributed by atoms with Crippen molar-refractivity contribution in [2.24, 2.45) is 5.92 Å². The van der Waals surface area contributed by atoms with Crippen LogP contribution in [0.1, 0.15) is 29.6 Å². The van der Waals surface area contributed by atoms with E-state index in [1.165, 1.54) is 13.2 Å². The fraction of sp³-hybridized carbons (Fsp3) is 0.450. The Morgan fingerprint density at radius 2 is 2.14 bits per heavy atom. The molecule has 1 fully saturated rings. The van der Waals surface area contributed by atoms with Gasteiger partial charge in [-0.15, -0.1) is 0 Å². The summed E-state index contributed by atoms with van der Waals surface area (Å²) in [5.74, 6) is -0.376. The SMILES string of the molecule is COc1cccc(O)c1C(=O)NC1CCC[C@@H]1COC1=CC(C(F)(F)F)=CCN1. The van der Waals surface area contributed by atoms with Crippen LogP contribution in [0.3, 0.4) is 0 Å². The number of hydrogen-bond acceptors (Lipinski definition) is 5. The molecular weight excluding hydrogens is 389 g/mol. The van der Waals surface area contributed by atoms with Crippen LogP contribution in [-0.4, -0.2) is 43.5 Å². The number of rotatable bonds is 6. The number of benzene rings is 1. The van der Waals surface area contributed by atoms with E-state index in [4.69, 9.17) is 9.47 Å². The molecule has 3 N–H and O–H groups in total. The summed E-state index contributed by atoms with van der Waals surface area (Å²) in [4.78, 5) is 12.7.